The number of aryl methyl sites for hydroxylation is 1. The standard InChI is InChI=1S/C17H19FN4O2/c1-21-15(10-14(20-21)12-4-2-3-5-13(12)18)17(24)22-8-6-11(7-9-22)16(19)23/h2-5,10-11H,6-9H2,1H3,(H2,19,23). The van der Waals surface area contributed by atoms with Gasteiger partial charge < -0.3 is 10.6 Å². The lowest BCUT2D eigenvalue weighted by molar-refractivity contribution is -0.123. The van der Waals surface area contributed by atoms with Gasteiger partial charge in [0.15, 0.2) is 0 Å². The van der Waals surface area contributed by atoms with E-state index in [1.54, 1.807) is 36.2 Å². The minimum atomic E-state index is -0.378. The molecule has 0 aliphatic carbocycles. The Morgan fingerprint density at radius 3 is 2.54 bits per heavy atom. The third kappa shape index (κ3) is 3.02. The Hall–Kier alpha value is -2.70. The van der Waals surface area contributed by atoms with Gasteiger partial charge >= 0.3 is 0 Å². The Labute approximate surface area is 139 Å². The molecule has 2 N–H and O–H groups in total. The fourth-order valence-electron chi connectivity index (χ4n) is 3.00. The van der Waals surface area contributed by atoms with Crippen LogP contribution in [0.2, 0.25) is 0 Å². The Morgan fingerprint density at radius 2 is 1.92 bits per heavy atom. The maximum Gasteiger partial charge on any atom is 0.272 e. The Balaban J connectivity index is 1.80. The van der Waals surface area contributed by atoms with Crippen LogP contribution in [0.3, 0.4) is 0 Å². The van der Waals surface area contributed by atoms with Crippen LogP contribution in [0.15, 0.2) is 30.3 Å². The van der Waals surface area contributed by atoms with Gasteiger partial charge in [-0.2, -0.15) is 5.10 Å². The fourth-order valence-corrected chi connectivity index (χ4v) is 3.00. The molecule has 0 saturated carbocycles. The third-order valence-electron chi connectivity index (χ3n) is 4.43. The van der Waals surface area contributed by atoms with Gasteiger partial charge in [0, 0.05) is 31.6 Å². The maximum absolute atomic E-state index is 13.9. The largest absolute Gasteiger partial charge is 0.369 e. The summed E-state index contributed by atoms with van der Waals surface area (Å²) in [7, 11) is 1.66. The highest BCUT2D eigenvalue weighted by atomic mass is 19.1. The number of rotatable bonds is 3. The van der Waals surface area contributed by atoms with Crippen LogP contribution in [0.5, 0.6) is 0 Å². The van der Waals surface area contributed by atoms with E-state index in [1.807, 2.05) is 0 Å². The SMILES string of the molecule is Cn1nc(-c2ccccc2F)cc1C(=O)N1CCC(C(N)=O)CC1. The lowest BCUT2D eigenvalue weighted by Crippen LogP contribution is -2.42. The second-order valence-electron chi connectivity index (χ2n) is 5.99. The van der Waals surface area contributed by atoms with Gasteiger partial charge in [0.2, 0.25) is 5.91 Å². The predicted molar refractivity (Wildman–Crippen MR) is 86.4 cm³/mol. The van der Waals surface area contributed by atoms with Crippen LogP contribution in [0.1, 0.15) is 23.3 Å². The number of carbonyl (C=O) groups excluding carboxylic acids is 2. The van der Waals surface area contributed by atoms with Gasteiger partial charge in [-0.15, -0.1) is 0 Å². The van der Waals surface area contributed by atoms with Gasteiger partial charge in [-0.05, 0) is 31.0 Å². The quantitative estimate of drug-likeness (QED) is 0.927. The van der Waals surface area contributed by atoms with Crippen molar-refractivity contribution in [2.45, 2.75) is 12.8 Å². The molecule has 0 unspecified atom stereocenters. The summed E-state index contributed by atoms with van der Waals surface area (Å²) in [5, 5.41) is 4.26. The van der Waals surface area contributed by atoms with E-state index in [2.05, 4.69) is 5.10 Å². The van der Waals surface area contributed by atoms with Crippen molar-refractivity contribution in [2.24, 2.45) is 18.7 Å². The van der Waals surface area contributed by atoms with Crippen LogP contribution in [-0.4, -0.2) is 39.6 Å². The molecule has 1 saturated heterocycles. The Kier molecular flexibility index (Phi) is 4.33. The van der Waals surface area contributed by atoms with Gasteiger partial charge in [-0.25, -0.2) is 4.39 Å². The minimum absolute atomic E-state index is 0.171. The number of halogens is 1. The zero-order valence-electron chi connectivity index (χ0n) is 13.4. The first kappa shape index (κ1) is 16.2. The van der Waals surface area contributed by atoms with Crippen LogP contribution >= 0.6 is 0 Å². The molecule has 3 rings (SSSR count). The molecule has 1 aliphatic heterocycles. The molecule has 24 heavy (non-hydrogen) atoms. The predicted octanol–water partition coefficient (Wildman–Crippen LogP) is 1.56. The van der Waals surface area contributed by atoms with E-state index >= 15 is 0 Å². The van der Waals surface area contributed by atoms with Gasteiger partial charge in [0.1, 0.15) is 11.5 Å². The van der Waals surface area contributed by atoms with Gasteiger partial charge in [-0.1, -0.05) is 12.1 Å². The van der Waals surface area contributed by atoms with Crippen LogP contribution in [0.4, 0.5) is 4.39 Å². The van der Waals surface area contributed by atoms with Crippen molar-refractivity contribution in [3.05, 3.63) is 41.8 Å². The number of hydrogen-bond acceptors (Lipinski definition) is 3. The van der Waals surface area contributed by atoms with E-state index < -0.39 is 0 Å². The number of primary amides is 1. The first-order valence-electron chi connectivity index (χ1n) is 7.85. The zero-order chi connectivity index (χ0) is 17.3. The number of nitrogens with two attached hydrogens (primary N) is 1. The number of hydrogen-bond donors (Lipinski definition) is 1. The molecule has 1 aromatic carbocycles. The number of amides is 2. The van der Waals surface area contributed by atoms with Crippen molar-refractivity contribution in [2.75, 3.05) is 13.1 Å². The van der Waals surface area contributed by atoms with E-state index in [0.29, 0.717) is 42.9 Å². The van der Waals surface area contributed by atoms with E-state index in [-0.39, 0.29) is 23.5 Å². The van der Waals surface area contributed by atoms with E-state index in [0.717, 1.165) is 0 Å². The molecule has 0 radical (unpaired) electrons. The molecular weight excluding hydrogens is 311 g/mol. The van der Waals surface area contributed by atoms with Gasteiger partial charge in [-0.3, -0.25) is 14.3 Å². The molecule has 1 aliphatic rings. The molecule has 1 aromatic heterocycles. The smallest absolute Gasteiger partial charge is 0.272 e. The van der Waals surface area contributed by atoms with Crippen LogP contribution < -0.4 is 5.73 Å². The zero-order valence-corrected chi connectivity index (χ0v) is 13.4. The molecule has 0 bridgehead atoms. The summed E-state index contributed by atoms with van der Waals surface area (Å²) < 4.78 is 15.4. The summed E-state index contributed by atoms with van der Waals surface area (Å²) in [6, 6.07) is 7.92. The normalized spacial score (nSPS) is 15.5. The molecular formula is C17H19FN4O2. The molecule has 6 nitrogen and oxygen atoms in total. The number of carbonyl (C=O) groups is 2. The highest BCUT2D eigenvalue weighted by Crippen LogP contribution is 2.24. The molecule has 7 heteroatoms. The lowest BCUT2D eigenvalue weighted by Gasteiger charge is -2.30. The first-order chi connectivity index (χ1) is 11.5. The maximum atomic E-state index is 13.9. The molecule has 2 aromatic rings. The third-order valence-corrected chi connectivity index (χ3v) is 4.43. The average Bonchev–Trinajstić information content (AvgIpc) is 2.96. The highest BCUT2D eigenvalue weighted by molar-refractivity contribution is 5.94. The van der Waals surface area contributed by atoms with Crippen LogP contribution in [0.25, 0.3) is 11.3 Å². The Morgan fingerprint density at radius 1 is 1.25 bits per heavy atom. The molecule has 1 fully saturated rings. The average molecular weight is 330 g/mol. The lowest BCUT2D eigenvalue weighted by atomic mass is 9.96. The summed E-state index contributed by atoms with van der Waals surface area (Å²) in [5.41, 5.74) is 6.49. The summed E-state index contributed by atoms with van der Waals surface area (Å²) in [6.45, 7) is 0.958. The van der Waals surface area contributed by atoms with E-state index in [4.69, 9.17) is 5.73 Å². The summed E-state index contributed by atoms with van der Waals surface area (Å²) >= 11 is 0. The second kappa shape index (κ2) is 6.43. The van der Waals surface area contributed by atoms with Crippen LogP contribution in [0, 0.1) is 11.7 Å². The molecule has 2 heterocycles. The number of piperidine rings is 1. The Bertz CT molecular complexity index is 779. The van der Waals surface area contributed by atoms with Gasteiger partial charge in [0.05, 0.1) is 5.69 Å². The number of aromatic nitrogens is 2. The number of likely N-dealkylation sites (tertiary alicyclic amines) is 1. The number of benzene rings is 1. The van der Waals surface area contributed by atoms with Crippen LogP contribution in [-0.2, 0) is 11.8 Å². The molecule has 2 amide bonds. The van der Waals surface area contributed by atoms with Crippen molar-refractivity contribution >= 4 is 11.8 Å². The van der Waals surface area contributed by atoms with E-state index in [1.165, 1.54) is 10.7 Å². The summed E-state index contributed by atoms with van der Waals surface area (Å²) in [4.78, 5) is 25.6. The topological polar surface area (TPSA) is 81.2 Å². The van der Waals surface area contributed by atoms with Gasteiger partial charge in [0.25, 0.3) is 5.91 Å². The molecule has 126 valence electrons. The van der Waals surface area contributed by atoms with E-state index in [9.17, 15) is 14.0 Å². The minimum Gasteiger partial charge on any atom is -0.369 e. The highest BCUT2D eigenvalue weighted by Gasteiger charge is 2.28. The van der Waals surface area contributed by atoms with Crippen molar-refractivity contribution < 1.29 is 14.0 Å². The fraction of sp³-hybridized carbons (Fsp3) is 0.353. The molecule has 0 spiro atoms. The van der Waals surface area contributed by atoms with Crippen molar-refractivity contribution in [3.63, 3.8) is 0 Å². The summed E-state index contributed by atoms with van der Waals surface area (Å²) in [5.74, 6) is -1.04. The van der Waals surface area contributed by atoms with Crippen molar-refractivity contribution in [1.82, 2.24) is 14.7 Å². The van der Waals surface area contributed by atoms with Crippen molar-refractivity contribution in [3.8, 4) is 11.3 Å². The van der Waals surface area contributed by atoms with Crippen molar-refractivity contribution in [1.29, 1.82) is 0 Å². The monoisotopic (exact) mass is 330 g/mol. The first-order valence-corrected chi connectivity index (χ1v) is 7.85. The second-order valence-corrected chi connectivity index (χ2v) is 5.99. The summed E-state index contributed by atoms with van der Waals surface area (Å²) in [6.07, 6.45) is 1.14. The number of nitrogens with zero attached hydrogens (tertiary/aromatic N) is 3. The molecule has 0 atom stereocenters.